The summed E-state index contributed by atoms with van der Waals surface area (Å²) in [4.78, 5) is 27.2. The van der Waals surface area contributed by atoms with Gasteiger partial charge < -0.3 is 9.80 Å². The number of rotatable bonds is 7. The van der Waals surface area contributed by atoms with E-state index in [0.29, 0.717) is 26.1 Å². The molecule has 1 unspecified atom stereocenters. The van der Waals surface area contributed by atoms with E-state index in [9.17, 15) is 22.8 Å². The molecule has 0 aromatic heterocycles. The predicted molar refractivity (Wildman–Crippen MR) is 81.8 cm³/mol. The molecular formula is C16H27F3N2O2. The summed E-state index contributed by atoms with van der Waals surface area (Å²) in [6.07, 6.45) is -2.06. The van der Waals surface area contributed by atoms with Crippen molar-refractivity contribution in [2.75, 3.05) is 26.2 Å². The van der Waals surface area contributed by atoms with E-state index < -0.39 is 12.1 Å². The molecule has 2 amide bonds. The first-order valence-electron chi connectivity index (χ1n) is 8.41. The van der Waals surface area contributed by atoms with E-state index >= 15 is 0 Å². The quantitative estimate of drug-likeness (QED) is 0.716. The van der Waals surface area contributed by atoms with Crippen molar-refractivity contribution in [2.45, 2.75) is 58.5 Å². The highest BCUT2D eigenvalue weighted by Gasteiger charge is 2.42. The lowest BCUT2D eigenvalue weighted by molar-refractivity contribution is -0.188. The number of likely N-dealkylation sites (tertiary alicyclic amines) is 1. The molecule has 0 aliphatic carbocycles. The minimum absolute atomic E-state index is 0.00661. The van der Waals surface area contributed by atoms with Crippen LogP contribution in [0, 0.1) is 5.92 Å². The Morgan fingerprint density at radius 1 is 1.13 bits per heavy atom. The largest absolute Gasteiger partial charge is 0.393 e. The number of hydrogen-bond acceptors (Lipinski definition) is 2. The average molecular weight is 336 g/mol. The average Bonchev–Trinajstić information content (AvgIpc) is 2.51. The fourth-order valence-electron chi connectivity index (χ4n) is 2.90. The molecule has 0 aromatic carbocycles. The minimum Gasteiger partial charge on any atom is -0.343 e. The number of carbonyl (C=O) groups is 2. The summed E-state index contributed by atoms with van der Waals surface area (Å²) in [5.41, 5.74) is 0. The Balaban J connectivity index is 2.47. The van der Waals surface area contributed by atoms with Crippen LogP contribution in [-0.2, 0) is 9.59 Å². The van der Waals surface area contributed by atoms with Crippen LogP contribution in [-0.4, -0.2) is 54.0 Å². The first-order valence-corrected chi connectivity index (χ1v) is 8.41. The van der Waals surface area contributed by atoms with Crippen LogP contribution in [0.25, 0.3) is 0 Å². The number of halogens is 3. The Morgan fingerprint density at radius 2 is 1.74 bits per heavy atom. The molecule has 1 aliphatic rings. The van der Waals surface area contributed by atoms with Gasteiger partial charge in [0.15, 0.2) is 0 Å². The van der Waals surface area contributed by atoms with Gasteiger partial charge in [-0.2, -0.15) is 13.2 Å². The van der Waals surface area contributed by atoms with Crippen molar-refractivity contribution >= 4 is 11.8 Å². The summed E-state index contributed by atoms with van der Waals surface area (Å²) in [6.45, 7) is 5.34. The van der Waals surface area contributed by atoms with Crippen LogP contribution in [0.3, 0.4) is 0 Å². The molecule has 134 valence electrons. The van der Waals surface area contributed by atoms with Crippen LogP contribution in [0.1, 0.15) is 52.4 Å². The van der Waals surface area contributed by atoms with Crippen LogP contribution < -0.4 is 0 Å². The maximum Gasteiger partial charge on any atom is 0.393 e. The van der Waals surface area contributed by atoms with E-state index in [1.54, 1.807) is 4.90 Å². The summed E-state index contributed by atoms with van der Waals surface area (Å²) in [5, 5.41) is 0. The molecule has 1 rings (SSSR count). The minimum atomic E-state index is -4.26. The van der Waals surface area contributed by atoms with E-state index in [1.165, 1.54) is 4.90 Å². The zero-order valence-electron chi connectivity index (χ0n) is 14.0. The lowest BCUT2D eigenvalue weighted by Crippen LogP contribution is -2.45. The van der Waals surface area contributed by atoms with Crippen molar-refractivity contribution < 1.29 is 22.8 Å². The smallest absolute Gasteiger partial charge is 0.343 e. The Labute approximate surface area is 136 Å². The standard InChI is InChI=1S/C16H27F3N2O2/c1-3-9-20(10-4-2)14(22)7-8-15(23)21-11-5-6-13(12-21)16(17,18)19/h13H,3-12H2,1-2H3. The molecule has 0 bridgehead atoms. The molecule has 23 heavy (non-hydrogen) atoms. The molecule has 0 aromatic rings. The molecule has 1 atom stereocenters. The summed E-state index contributed by atoms with van der Waals surface area (Å²) < 4.78 is 38.3. The second-order valence-corrected chi connectivity index (χ2v) is 6.10. The lowest BCUT2D eigenvalue weighted by Gasteiger charge is -2.34. The van der Waals surface area contributed by atoms with Crippen LogP contribution in [0.4, 0.5) is 13.2 Å². The first-order chi connectivity index (χ1) is 10.8. The second-order valence-electron chi connectivity index (χ2n) is 6.10. The molecule has 0 spiro atoms. The van der Waals surface area contributed by atoms with E-state index in [0.717, 1.165) is 12.8 Å². The third kappa shape index (κ3) is 6.39. The highest BCUT2D eigenvalue weighted by atomic mass is 19.4. The predicted octanol–water partition coefficient (Wildman–Crippen LogP) is 3.22. The number of amides is 2. The SMILES string of the molecule is CCCN(CCC)C(=O)CCC(=O)N1CCCC(C(F)(F)F)C1. The fourth-order valence-corrected chi connectivity index (χ4v) is 2.90. The number of nitrogens with zero attached hydrogens (tertiary/aromatic N) is 2. The maximum atomic E-state index is 12.8. The van der Waals surface area contributed by atoms with Gasteiger partial charge in [-0.25, -0.2) is 0 Å². The number of piperidine rings is 1. The maximum absolute atomic E-state index is 12.8. The van der Waals surface area contributed by atoms with Gasteiger partial charge in [0.1, 0.15) is 0 Å². The summed E-state index contributed by atoms with van der Waals surface area (Å²) >= 11 is 0. The normalized spacial score (nSPS) is 18.8. The number of carbonyl (C=O) groups excluding carboxylic acids is 2. The topological polar surface area (TPSA) is 40.6 Å². The van der Waals surface area contributed by atoms with Crippen molar-refractivity contribution in [3.05, 3.63) is 0 Å². The molecule has 1 aliphatic heterocycles. The van der Waals surface area contributed by atoms with Crippen LogP contribution in [0.15, 0.2) is 0 Å². The second kappa shape index (κ2) is 9.13. The first kappa shape index (κ1) is 19.8. The fraction of sp³-hybridized carbons (Fsp3) is 0.875. The monoisotopic (exact) mass is 336 g/mol. The van der Waals surface area contributed by atoms with Gasteiger partial charge in [0.25, 0.3) is 0 Å². The van der Waals surface area contributed by atoms with E-state index in [4.69, 9.17) is 0 Å². The molecule has 0 radical (unpaired) electrons. The van der Waals surface area contributed by atoms with E-state index in [-0.39, 0.29) is 37.6 Å². The molecule has 7 heteroatoms. The van der Waals surface area contributed by atoms with Gasteiger partial charge >= 0.3 is 6.18 Å². The van der Waals surface area contributed by atoms with Crippen LogP contribution >= 0.6 is 0 Å². The summed E-state index contributed by atoms with van der Waals surface area (Å²) in [6, 6.07) is 0. The highest BCUT2D eigenvalue weighted by molar-refractivity contribution is 5.83. The van der Waals surface area contributed by atoms with Crippen LogP contribution in [0.5, 0.6) is 0 Å². The number of alkyl halides is 3. The van der Waals surface area contributed by atoms with Crippen molar-refractivity contribution in [3.63, 3.8) is 0 Å². The van der Waals surface area contributed by atoms with Crippen molar-refractivity contribution in [1.82, 2.24) is 9.80 Å². The molecule has 1 saturated heterocycles. The van der Waals surface area contributed by atoms with Crippen molar-refractivity contribution in [3.8, 4) is 0 Å². The molecule has 4 nitrogen and oxygen atoms in total. The molecule has 0 saturated carbocycles. The molecule has 0 N–H and O–H groups in total. The Kier molecular flexibility index (Phi) is 7.85. The van der Waals surface area contributed by atoms with Gasteiger partial charge in [0, 0.05) is 39.0 Å². The molecule has 1 fully saturated rings. The Bertz CT molecular complexity index is 393. The molecule has 1 heterocycles. The van der Waals surface area contributed by atoms with Gasteiger partial charge in [0.2, 0.25) is 11.8 Å². The zero-order chi connectivity index (χ0) is 17.5. The Morgan fingerprint density at radius 3 is 2.26 bits per heavy atom. The van der Waals surface area contributed by atoms with E-state index in [2.05, 4.69) is 0 Å². The van der Waals surface area contributed by atoms with Crippen LogP contribution in [0.2, 0.25) is 0 Å². The van der Waals surface area contributed by atoms with Gasteiger partial charge in [0.05, 0.1) is 5.92 Å². The Hall–Kier alpha value is -1.27. The summed E-state index contributed by atoms with van der Waals surface area (Å²) in [5.74, 6) is -1.88. The van der Waals surface area contributed by atoms with Crippen molar-refractivity contribution in [2.24, 2.45) is 5.92 Å². The zero-order valence-corrected chi connectivity index (χ0v) is 14.0. The van der Waals surface area contributed by atoms with Gasteiger partial charge in [-0.3, -0.25) is 9.59 Å². The third-order valence-electron chi connectivity index (χ3n) is 4.13. The highest BCUT2D eigenvalue weighted by Crippen LogP contribution is 2.33. The summed E-state index contributed by atoms with van der Waals surface area (Å²) in [7, 11) is 0. The van der Waals surface area contributed by atoms with Gasteiger partial charge in [-0.1, -0.05) is 13.8 Å². The third-order valence-corrected chi connectivity index (χ3v) is 4.13. The van der Waals surface area contributed by atoms with Gasteiger partial charge in [-0.05, 0) is 25.7 Å². The number of hydrogen-bond donors (Lipinski definition) is 0. The van der Waals surface area contributed by atoms with Gasteiger partial charge in [-0.15, -0.1) is 0 Å². The molecular weight excluding hydrogens is 309 g/mol. The lowest BCUT2D eigenvalue weighted by atomic mass is 9.97. The van der Waals surface area contributed by atoms with Crippen molar-refractivity contribution in [1.29, 1.82) is 0 Å². The van der Waals surface area contributed by atoms with E-state index in [1.807, 2.05) is 13.8 Å².